The van der Waals surface area contributed by atoms with Crippen LogP contribution in [-0.4, -0.2) is 17.6 Å². The van der Waals surface area contributed by atoms with Gasteiger partial charge in [0, 0.05) is 11.8 Å². The van der Waals surface area contributed by atoms with Gasteiger partial charge in [0.1, 0.15) is 0 Å². The topological polar surface area (TPSA) is 67.8 Å². The number of benzene rings is 2. The molecule has 5 nitrogen and oxygen atoms in total. The third-order valence-corrected chi connectivity index (χ3v) is 8.71. The van der Waals surface area contributed by atoms with Crippen LogP contribution in [0.2, 0.25) is 10.0 Å². The van der Waals surface area contributed by atoms with Gasteiger partial charge in [-0.1, -0.05) is 72.9 Å². The third kappa shape index (κ3) is 3.34. The normalized spacial score (nSPS) is 26.9. The smallest absolute Gasteiger partial charge is 0.324 e. The van der Waals surface area contributed by atoms with Gasteiger partial charge in [-0.2, -0.15) is 0 Å². The highest BCUT2D eigenvalue weighted by atomic mass is 35.5. The molecule has 0 radical (unpaired) electrons. The van der Waals surface area contributed by atoms with E-state index in [0.29, 0.717) is 34.1 Å². The van der Waals surface area contributed by atoms with E-state index in [0.717, 1.165) is 17.7 Å². The molecule has 0 aliphatic heterocycles. The number of carbonyl (C=O) groups excluding carboxylic acids is 2. The van der Waals surface area contributed by atoms with E-state index < -0.39 is 16.8 Å². The van der Waals surface area contributed by atoms with E-state index in [9.17, 15) is 9.59 Å². The molecule has 2 aromatic carbocycles. The molecule has 0 aromatic heterocycles. The Balaban J connectivity index is 1.60. The fourth-order valence-electron chi connectivity index (χ4n) is 5.20. The Kier molecular flexibility index (Phi) is 5.62. The maximum atomic E-state index is 13.6. The van der Waals surface area contributed by atoms with Gasteiger partial charge < -0.3 is 10.2 Å². The number of anilines is 1. The number of nitrogens with one attached hydrogen (secondary N) is 1. The molecular formula is C25H26Cl2N2O3. The van der Waals surface area contributed by atoms with E-state index in [4.69, 9.17) is 28.0 Å². The first-order valence-corrected chi connectivity index (χ1v) is 11.4. The highest BCUT2D eigenvalue weighted by Gasteiger charge is 2.71. The van der Waals surface area contributed by atoms with E-state index in [-0.39, 0.29) is 11.3 Å². The van der Waals surface area contributed by atoms with Crippen molar-refractivity contribution in [3.8, 4) is 0 Å². The molecule has 4 rings (SSSR count). The lowest BCUT2D eigenvalue weighted by atomic mass is 9.64. The van der Waals surface area contributed by atoms with Crippen molar-refractivity contribution in [3.05, 3.63) is 63.6 Å². The standard InChI is InChI=1S/C25H26Cl2N2O3/c1-15-8-10-16(11-9-15)21(30)32-29-19-14-25(13-12-24(19,4)23(25,2)3)22(31)28-18-7-5-6-17(26)20(18)27/h5-11H,12-14H2,1-4H3,(H,28,31). The maximum Gasteiger partial charge on any atom is 0.365 e. The van der Waals surface area contributed by atoms with E-state index in [1.54, 1.807) is 30.3 Å². The van der Waals surface area contributed by atoms with Crippen molar-refractivity contribution in [1.29, 1.82) is 0 Å². The second-order valence-corrected chi connectivity index (χ2v) is 10.3. The average molecular weight is 473 g/mol. The van der Waals surface area contributed by atoms with Crippen LogP contribution in [0.4, 0.5) is 5.69 Å². The first kappa shape index (κ1) is 22.8. The third-order valence-electron chi connectivity index (χ3n) is 7.89. The number of hydrogen-bond acceptors (Lipinski definition) is 4. The second-order valence-electron chi connectivity index (χ2n) is 9.55. The lowest BCUT2D eigenvalue weighted by Gasteiger charge is -2.39. The fourth-order valence-corrected chi connectivity index (χ4v) is 5.55. The van der Waals surface area contributed by atoms with Gasteiger partial charge in [0.2, 0.25) is 5.91 Å². The summed E-state index contributed by atoms with van der Waals surface area (Å²) < 4.78 is 0. The summed E-state index contributed by atoms with van der Waals surface area (Å²) in [6, 6.07) is 12.3. The highest BCUT2D eigenvalue weighted by molar-refractivity contribution is 6.44. The van der Waals surface area contributed by atoms with Crippen LogP contribution in [0.1, 0.15) is 56.0 Å². The second kappa shape index (κ2) is 7.89. The Morgan fingerprint density at radius 1 is 1.03 bits per heavy atom. The Labute approximate surface area is 198 Å². The summed E-state index contributed by atoms with van der Waals surface area (Å²) >= 11 is 12.4. The lowest BCUT2D eigenvalue weighted by molar-refractivity contribution is -0.130. The summed E-state index contributed by atoms with van der Waals surface area (Å²) in [5, 5.41) is 7.96. The number of aryl methyl sites for hydroxylation is 1. The number of carbonyl (C=O) groups is 2. The number of rotatable bonds is 4. The Morgan fingerprint density at radius 2 is 1.72 bits per heavy atom. The molecular weight excluding hydrogens is 447 g/mol. The van der Waals surface area contributed by atoms with Crippen LogP contribution in [0.5, 0.6) is 0 Å². The number of nitrogens with zero attached hydrogens (tertiary/aromatic N) is 1. The zero-order valence-corrected chi connectivity index (χ0v) is 20.1. The predicted octanol–water partition coefficient (Wildman–Crippen LogP) is 6.67. The number of fused-ring (bicyclic) bond motifs is 2. The SMILES string of the molecule is Cc1ccc(C(=O)ON=C2CC3(C(=O)Nc4cccc(Cl)c4Cl)CCC2(C)C3(C)C)cc1. The van der Waals surface area contributed by atoms with Crippen LogP contribution in [0.15, 0.2) is 47.6 Å². The first-order valence-electron chi connectivity index (χ1n) is 10.6. The van der Waals surface area contributed by atoms with Gasteiger partial charge in [-0.25, -0.2) is 4.79 Å². The van der Waals surface area contributed by atoms with Gasteiger partial charge in [0.15, 0.2) is 0 Å². The molecule has 0 heterocycles. The molecule has 0 spiro atoms. The zero-order valence-electron chi connectivity index (χ0n) is 18.6. The molecule has 0 saturated heterocycles. The van der Waals surface area contributed by atoms with Crippen molar-refractivity contribution in [2.75, 3.05) is 5.32 Å². The fraction of sp³-hybridized carbons (Fsp3) is 0.400. The van der Waals surface area contributed by atoms with Gasteiger partial charge in [-0.3, -0.25) is 4.79 Å². The van der Waals surface area contributed by atoms with Crippen molar-refractivity contribution in [1.82, 2.24) is 0 Å². The minimum absolute atomic E-state index is 0.120. The van der Waals surface area contributed by atoms with Crippen molar-refractivity contribution < 1.29 is 14.4 Å². The minimum atomic E-state index is -0.692. The maximum absolute atomic E-state index is 13.6. The zero-order chi connectivity index (χ0) is 23.3. The molecule has 2 aliphatic rings. The quantitative estimate of drug-likeness (QED) is 0.398. The summed E-state index contributed by atoms with van der Waals surface area (Å²) in [5.74, 6) is -0.628. The molecule has 2 bridgehead atoms. The summed E-state index contributed by atoms with van der Waals surface area (Å²) in [6.07, 6.45) is 1.91. The minimum Gasteiger partial charge on any atom is -0.324 e. The van der Waals surface area contributed by atoms with E-state index in [1.807, 2.05) is 19.1 Å². The van der Waals surface area contributed by atoms with E-state index >= 15 is 0 Å². The van der Waals surface area contributed by atoms with Crippen LogP contribution in [0.3, 0.4) is 0 Å². The molecule has 2 atom stereocenters. The van der Waals surface area contributed by atoms with Crippen molar-refractivity contribution in [3.63, 3.8) is 0 Å². The number of hydrogen-bond donors (Lipinski definition) is 1. The Bertz CT molecular complexity index is 1130. The molecule has 2 aliphatic carbocycles. The lowest BCUT2D eigenvalue weighted by Crippen LogP contribution is -2.43. The monoisotopic (exact) mass is 472 g/mol. The summed E-state index contributed by atoms with van der Waals surface area (Å²) in [5.41, 5.74) is 1.27. The van der Waals surface area contributed by atoms with Crippen molar-refractivity contribution >= 4 is 46.5 Å². The molecule has 7 heteroatoms. The summed E-state index contributed by atoms with van der Waals surface area (Å²) in [7, 11) is 0. The van der Waals surface area contributed by atoms with Crippen LogP contribution >= 0.6 is 23.2 Å². The average Bonchev–Trinajstić information content (AvgIpc) is 3.06. The Hall–Kier alpha value is -2.37. The van der Waals surface area contributed by atoms with Gasteiger partial charge in [-0.15, -0.1) is 0 Å². The molecule has 2 saturated carbocycles. The van der Waals surface area contributed by atoms with Gasteiger partial charge in [0.05, 0.1) is 32.4 Å². The number of amides is 1. The van der Waals surface area contributed by atoms with E-state index in [2.05, 4.69) is 31.2 Å². The van der Waals surface area contributed by atoms with Crippen LogP contribution in [-0.2, 0) is 9.63 Å². The van der Waals surface area contributed by atoms with Crippen molar-refractivity contribution in [2.45, 2.75) is 47.0 Å². The van der Waals surface area contributed by atoms with Gasteiger partial charge >= 0.3 is 5.97 Å². The number of halogens is 2. The van der Waals surface area contributed by atoms with Crippen molar-refractivity contribution in [2.24, 2.45) is 21.4 Å². The molecule has 2 unspecified atom stereocenters. The van der Waals surface area contributed by atoms with Gasteiger partial charge in [0.25, 0.3) is 0 Å². The van der Waals surface area contributed by atoms with Gasteiger partial charge in [-0.05, 0) is 49.4 Å². The van der Waals surface area contributed by atoms with E-state index in [1.165, 1.54) is 0 Å². The van der Waals surface area contributed by atoms with Crippen LogP contribution in [0, 0.1) is 23.2 Å². The van der Waals surface area contributed by atoms with Crippen LogP contribution in [0.25, 0.3) is 0 Å². The van der Waals surface area contributed by atoms with Crippen LogP contribution < -0.4 is 5.32 Å². The molecule has 168 valence electrons. The summed E-state index contributed by atoms with van der Waals surface area (Å²) in [6.45, 7) is 8.22. The molecule has 2 fully saturated rings. The molecule has 1 amide bonds. The largest absolute Gasteiger partial charge is 0.365 e. The molecule has 1 N–H and O–H groups in total. The molecule has 32 heavy (non-hydrogen) atoms. The first-order chi connectivity index (χ1) is 15.0. The number of oxime groups is 1. The molecule has 2 aromatic rings. The Morgan fingerprint density at radius 3 is 2.41 bits per heavy atom. The highest BCUT2D eigenvalue weighted by Crippen LogP contribution is 2.71. The predicted molar refractivity (Wildman–Crippen MR) is 127 cm³/mol. The summed E-state index contributed by atoms with van der Waals surface area (Å²) in [4.78, 5) is 31.4.